The minimum absolute atomic E-state index is 0.710. The second-order valence-corrected chi connectivity index (χ2v) is 6.47. The van der Waals surface area contributed by atoms with Crippen molar-refractivity contribution in [1.82, 2.24) is 10.2 Å². The van der Waals surface area contributed by atoms with Gasteiger partial charge in [0, 0.05) is 24.2 Å². The molecule has 1 fully saturated rings. The molecule has 2 atom stereocenters. The lowest BCUT2D eigenvalue weighted by Gasteiger charge is -2.35. The third-order valence-electron chi connectivity index (χ3n) is 4.29. The maximum absolute atomic E-state index is 5.94. The van der Waals surface area contributed by atoms with Crippen molar-refractivity contribution >= 4 is 11.6 Å². The summed E-state index contributed by atoms with van der Waals surface area (Å²) in [6.45, 7) is 5.48. The van der Waals surface area contributed by atoms with E-state index in [1.54, 1.807) is 0 Å². The van der Waals surface area contributed by atoms with Gasteiger partial charge in [0.1, 0.15) is 0 Å². The van der Waals surface area contributed by atoms with Gasteiger partial charge in [-0.15, -0.1) is 0 Å². The van der Waals surface area contributed by atoms with Crippen LogP contribution in [0.25, 0.3) is 0 Å². The summed E-state index contributed by atoms with van der Waals surface area (Å²) in [6, 6.07) is 8.92. The molecular weight excluding hydrogens is 268 g/mol. The van der Waals surface area contributed by atoms with Crippen LogP contribution in [-0.4, -0.2) is 31.1 Å². The van der Waals surface area contributed by atoms with Crippen LogP contribution < -0.4 is 5.32 Å². The Morgan fingerprint density at radius 1 is 1.20 bits per heavy atom. The molecule has 0 bridgehead atoms. The highest BCUT2D eigenvalue weighted by Crippen LogP contribution is 2.25. The van der Waals surface area contributed by atoms with Crippen LogP contribution in [-0.2, 0) is 6.54 Å². The van der Waals surface area contributed by atoms with Gasteiger partial charge in [-0.1, -0.05) is 43.5 Å². The molecule has 0 amide bonds. The maximum Gasteiger partial charge on any atom is 0.0406 e. The first-order valence-electron chi connectivity index (χ1n) is 7.85. The van der Waals surface area contributed by atoms with Crippen molar-refractivity contribution in [3.63, 3.8) is 0 Å². The first-order chi connectivity index (χ1) is 9.69. The highest BCUT2D eigenvalue weighted by Gasteiger charge is 2.25. The van der Waals surface area contributed by atoms with Crippen LogP contribution in [0.2, 0.25) is 5.02 Å². The second-order valence-electron chi connectivity index (χ2n) is 6.03. The zero-order valence-corrected chi connectivity index (χ0v) is 13.5. The molecule has 1 aliphatic rings. The highest BCUT2D eigenvalue weighted by molar-refractivity contribution is 6.30. The molecule has 0 saturated heterocycles. The molecule has 2 unspecified atom stereocenters. The Kier molecular flexibility index (Phi) is 6.34. The van der Waals surface area contributed by atoms with E-state index in [1.807, 2.05) is 12.1 Å². The summed E-state index contributed by atoms with van der Waals surface area (Å²) in [7, 11) is 2.23. The summed E-state index contributed by atoms with van der Waals surface area (Å²) in [6.07, 6.45) is 5.48. The van der Waals surface area contributed by atoms with E-state index in [2.05, 4.69) is 36.3 Å². The highest BCUT2D eigenvalue weighted by atomic mass is 35.5. The van der Waals surface area contributed by atoms with Crippen molar-refractivity contribution < 1.29 is 0 Å². The first-order valence-corrected chi connectivity index (χ1v) is 8.23. The zero-order chi connectivity index (χ0) is 14.4. The van der Waals surface area contributed by atoms with Gasteiger partial charge in [0.15, 0.2) is 0 Å². The Labute approximate surface area is 128 Å². The largest absolute Gasteiger partial charge is 0.314 e. The van der Waals surface area contributed by atoms with Crippen molar-refractivity contribution in [3.05, 3.63) is 34.9 Å². The molecule has 3 heteroatoms. The van der Waals surface area contributed by atoms with Crippen molar-refractivity contribution in [1.29, 1.82) is 0 Å². The van der Waals surface area contributed by atoms with Gasteiger partial charge >= 0.3 is 0 Å². The lowest BCUT2D eigenvalue weighted by atomic mass is 9.84. The Morgan fingerprint density at radius 2 is 1.90 bits per heavy atom. The van der Waals surface area contributed by atoms with E-state index in [0.717, 1.165) is 24.0 Å². The van der Waals surface area contributed by atoms with Crippen molar-refractivity contribution in [2.75, 3.05) is 20.1 Å². The average molecular weight is 295 g/mol. The Morgan fingerprint density at radius 3 is 2.60 bits per heavy atom. The van der Waals surface area contributed by atoms with E-state index in [9.17, 15) is 0 Å². The molecule has 0 spiro atoms. The van der Waals surface area contributed by atoms with Crippen LogP contribution in [0.5, 0.6) is 0 Å². The minimum atomic E-state index is 0.710. The van der Waals surface area contributed by atoms with E-state index >= 15 is 0 Å². The standard InChI is InChI=1S/C17H27ClN2/c1-3-19-17-7-5-4-6-15(17)13-20(2)12-14-8-10-16(18)11-9-14/h8-11,15,17,19H,3-7,12-13H2,1-2H3. The van der Waals surface area contributed by atoms with Gasteiger partial charge < -0.3 is 10.2 Å². The monoisotopic (exact) mass is 294 g/mol. The number of hydrogen-bond donors (Lipinski definition) is 1. The molecule has 1 N–H and O–H groups in total. The molecular formula is C17H27ClN2. The quantitative estimate of drug-likeness (QED) is 0.855. The molecule has 0 aromatic heterocycles. The van der Waals surface area contributed by atoms with E-state index in [-0.39, 0.29) is 0 Å². The minimum Gasteiger partial charge on any atom is -0.314 e. The molecule has 1 saturated carbocycles. The van der Waals surface area contributed by atoms with Crippen molar-refractivity contribution in [2.24, 2.45) is 5.92 Å². The first kappa shape index (κ1) is 15.8. The zero-order valence-electron chi connectivity index (χ0n) is 12.7. The van der Waals surface area contributed by atoms with Gasteiger partial charge in [-0.05, 0) is 50.0 Å². The lowest BCUT2D eigenvalue weighted by Crippen LogP contribution is -2.43. The van der Waals surface area contributed by atoms with Crippen molar-refractivity contribution in [3.8, 4) is 0 Å². The van der Waals surface area contributed by atoms with E-state index < -0.39 is 0 Å². The smallest absolute Gasteiger partial charge is 0.0406 e. The molecule has 0 aliphatic heterocycles. The predicted molar refractivity (Wildman–Crippen MR) is 87.2 cm³/mol. The van der Waals surface area contributed by atoms with Crippen LogP contribution in [0.1, 0.15) is 38.2 Å². The summed E-state index contributed by atoms with van der Waals surface area (Å²) in [5.74, 6) is 0.793. The molecule has 112 valence electrons. The molecule has 1 aromatic carbocycles. The molecule has 20 heavy (non-hydrogen) atoms. The van der Waals surface area contributed by atoms with Gasteiger partial charge in [-0.3, -0.25) is 0 Å². The normalized spacial score (nSPS) is 23.2. The van der Waals surface area contributed by atoms with Gasteiger partial charge in [0.2, 0.25) is 0 Å². The number of nitrogens with zero attached hydrogens (tertiary/aromatic N) is 1. The number of nitrogens with one attached hydrogen (secondary N) is 1. The molecule has 2 nitrogen and oxygen atoms in total. The molecule has 1 aromatic rings. The number of hydrogen-bond acceptors (Lipinski definition) is 2. The third-order valence-corrected chi connectivity index (χ3v) is 4.54. The van der Waals surface area contributed by atoms with E-state index in [4.69, 9.17) is 11.6 Å². The summed E-state index contributed by atoms with van der Waals surface area (Å²) in [4.78, 5) is 2.45. The fourth-order valence-corrected chi connectivity index (χ4v) is 3.45. The summed E-state index contributed by atoms with van der Waals surface area (Å²) in [5, 5.41) is 4.48. The van der Waals surface area contributed by atoms with Crippen LogP contribution in [0.15, 0.2) is 24.3 Å². The fraction of sp³-hybridized carbons (Fsp3) is 0.647. The van der Waals surface area contributed by atoms with E-state index in [1.165, 1.54) is 37.8 Å². The topological polar surface area (TPSA) is 15.3 Å². The van der Waals surface area contributed by atoms with Gasteiger partial charge in [-0.25, -0.2) is 0 Å². The van der Waals surface area contributed by atoms with Crippen LogP contribution in [0.3, 0.4) is 0 Å². The number of halogens is 1. The van der Waals surface area contributed by atoms with Crippen LogP contribution >= 0.6 is 11.6 Å². The van der Waals surface area contributed by atoms with Crippen molar-refractivity contribution in [2.45, 2.75) is 45.2 Å². The molecule has 2 rings (SSSR count). The average Bonchev–Trinajstić information content (AvgIpc) is 2.44. The van der Waals surface area contributed by atoms with Crippen LogP contribution in [0.4, 0.5) is 0 Å². The van der Waals surface area contributed by atoms with Gasteiger partial charge in [0.25, 0.3) is 0 Å². The van der Waals surface area contributed by atoms with Crippen LogP contribution in [0, 0.1) is 5.92 Å². The third kappa shape index (κ3) is 4.76. The second kappa shape index (κ2) is 8.02. The number of rotatable bonds is 6. The van der Waals surface area contributed by atoms with Gasteiger partial charge in [0.05, 0.1) is 0 Å². The molecule has 0 radical (unpaired) electrons. The van der Waals surface area contributed by atoms with E-state index in [0.29, 0.717) is 6.04 Å². The molecule has 1 aliphatic carbocycles. The fourth-order valence-electron chi connectivity index (χ4n) is 3.32. The van der Waals surface area contributed by atoms with Gasteiger partial charge in [-0.2, -0.15) is 0 Å². The summed E-state index contributed by atoms with van der Waals surface area (Å²) < 4.78 is 0. The SMILES string of the molecule is CCNC1CCCCC1CN(C)Cc1ccc(Cl)cc1. The number of benzene rings is 1. The summed E-state index contributed by atoms with van der Waals surface area (Å²) in [5.41, 5.74) is 1.34. The Hall–Kier alpha value is -0.570. The lowest BCUT2D eigenvalue weighted by molar-refractivity contribution is 0.186. The predicted octanol–water partition coefficient (Wildman–Crippen LogP) is 3.94. The molecule has 0 heterocycles. The Bertz CT molecular complexity index is 388. The summed E-state index contributed by atoms with van der Waals surface area (Å²) >= 11 is 5.94. The Balaban J connectivity index is 1.85. The maximum atomic E-state index is 5.94.